The number of benzene rings is 1. The summed E-state index contributed by atoms with van der Waals surface area (Å²) in [5, 5.41) is 3.75. The Kier molecular flexibility index (Phi) is 5.39. The van der Waals surface area contributed by atoms with Crippen molar-refractivity contribution in [2.24, 2.45) is 0 Å². The van der Waals surface area contributed by atoms with Gasteiger partial charge < -0.3 is 10.2 Å². The Morgan fingerprint density at radius 3 is 2.76 bits per heavy atom. The van der Waals surface area contributed by atoms with Crippen LogP contribution in [-0.2, 0) is 0 Å². The maximum absolute atomic E-state index is 6.30. The quantitative estimate of drug-likeness (QED) is 0.858. The third kappa shape index (κ3) is 3.85. The second-order valence-corrected chi connectivity index (χ2v) is 5.28. The first-order valence-electron chi connectivity index (χ1n) is 7.26. The van der Waals surface area contributed by atoms with E-state index in [2.05, 4.69) is 59.2 Å². The molecule has 0 saturated heterocycles. The van der Waals surface area contributed by atoms with Crippen molar-refractivity contribution in [2.75, 3.05) is 23.3 Å². The van der Waals surface area contributed by atoms with Crippen molar-refractivity contribution >= 4 is 29.1 Å². The molecule has 4 nitrogen and oxygen atoms in total. The average Bonchev–Trinajstić information content (AvgIpc) is 2.48. The second kappa shape index (κ2) is 7.27. The van der Waals surface area contributed by atoms with Crippen molar-refractivity contribution in [1.82, 2.24) is 9.97 Å². The summed E-state index contributed by atoms with van der Waals surface area (Å²) in [6.07, 6.45) is 2.68. The van der Waals surface area contributed by atoms with Gasteiger partial charge in [0.25, 0.3) is 0 Å². The molecule has 1 aromatic heterocycles. The summed E-state index contributed by atoms with van der Waals surface area (Å²) in [6.45, 7) is 7.90. The first-order chi connectivity index (χ1) is 10.2. The van der Waals surface area contributed by atoms with Crippen molar-refractivity contribution in [3.63, 3.8) is 0 Å². The molecule has 21 heavy (non-hydrogen) atoms. The molecule has 0 aliphatic carbocycles. The molecular formula is C16H21ClN4. The van der Waals surface area contributed by atoms with Gasteiger partial charge in [0, 0.05) is 18.8 Å². The van der Waals surface area contributed by atoms with Gasteiger partial charge in [-0.2, -0.15) is 4.98 Å². The van der Waals surface area contributed by atoms with Gasteiger partial charge in [-0.05, 0) is 38.0 Å². The van der Waals surface area contributed by atoms with Crippen LogP contribution in [0.1, 0.15) is 25.8 Å². The molecule has 5 heteroatoms. The molecule has 2 rings (SSSR count). The summed E-state index contributed by atoms with van der Waals surface area (Å²) < 4.78 is 0. The molecule has 1 aromatic carbocycles. The maximum atomic E-state index is 6.30. The van der Waals surface area contributed by atoms with Crippen LogP contribution in [0.15, 0.2) is 30.5 Å². The van der Waals surface area contributed by atoms with Gasteiger partial charge in [-0.1, -0.05) is 30.7 Å². The van der Waals surface area contributed by atoms with E-state index in [0.717, 1.165) is 31.0 Å². The normalized spacial score (nSPS) is 10.5. The van der Waals surface area contributed by atoms with E-state index in [-0.39, 0.29) is 0 Å². The zero-order valence-corrected chi connectivity index (χ0v) is 13.5. The van der Waals surface area contributed by atoms with Crippen LogP contribution in [0.3, 0.4) is 0 Å². The molecule has 1 N–H and O–H groups in total. The topological polar surface area (TPSA) is 41.1 Å². The smallest absolute Gasteiger partial charge is 0.224 e. The Hall–Kier alpha value is -1.81. The molecule has 0 bridgehead atoms. The first-order valence-corrected chi connectivity index (χ1v) is 7.64. The van der Waals surface area contributed by atoms with Crippen LogP contribution < -0.4 is 10.2 Å². The minimum absolute atomic E-state index is 0.556. The summed E-state index contributed by atoms with van der Waals surface area (Å²) in [6, 6.07) is 8.31. The summed E-state index contributed by atoms with van der Waals surface area (Å²) in [7, 11) is 0. The van der Waals surface area contributed by atoms with Gasteiger partial charge in [0.2, 0.25) is 5.95 Å². The summed E-state index contributed by atoms with van der Waals surface area (Å²) in [4.78, 5) is 10.9. The highest BCUT2D eigenvalue weighted by Gasteiger charge is 2.14. The van der Waals surface area contributed by atoms with Crippen LogP contribution in [0.2, 0.25) is 5.02 Å². The van der Waals surface area contributed by atoms with Crippen LogP contribution >= 0.6 is 11.6 Å². The highest BCUT2D eigenvalue weighted by Crippen LogP contribution is 2.30. The van der Waals surface area contributed by atoms with E-state index in [1.807, 2.05) is 6.07 Å². The van der Waals surface area contributed by atoms with E-state index < -0.39 is 0 Å². The zero-order chi connectivity index (χ0) is 15.2. The van der Waals surface area contributed by atoms with Crippen LogP contribution in [0, 0.1) is 6.92 Å². The highest BCUT2D eigenvalue weighted by atomic mass is 35.5. The van der Waals surface area contributed by atoms with Gasteiger partial charge in [-0.25, -0.2) is 4.98 Å². The van der Waals surface area contributed by atoms with Gasteiger partial charge in [0.15, 0.2) is 5.82 Å². The number of hydrogen-bond acceptors (Lipinski definition) is 4. The minimum atomic E-state index is 0.556. The predicted molar refractivity (Wildman–Crippen MR) is 89.7 cm³/mol. The molecule has 0 atom stereocenters. The van der Waals surface area contributed by atoms with E-state index in [1.54, 1.807) is 6.20 Å². The first kappa shape index (κ1) is 15.6. The lowest BCUT2D eigenvalue weighted by Gasteiger charge is -2.23. The lowest BCUT2D eigenvalue weighted by Crippen LogP contribution is -2.19. The van der Waals surface area contributed by atoms with Gasteiger partial charge in [-0.3, -0.25) is 0 Å². The summed E-state index contributed by atoms with van der Waals surface area (Å²) in [5.74, 6) is 1.35. The van der Waals surface area contributed by atoms with Crippen LogP contribution in [0.25, 0.3) is 0 Å². The molecule has 0 aliphatic heterocycles. The SMILES string of the molecule is CCCNc1ncc(Cl)c(N(CC)c2cccc(C)c2)n1. The van der Waals surface area contributed by atoms with Crippen molar-refractivity contribution in [3.8, 4) is 0 Å². The minimum Gasteiger partial charge on any atom is -0.354 e. The van der Waals surface area contributed by atoms with Gasteiger partial charge in [-0.15, -0.1) is 0 Å². The predicted octanol–water partition coefficient (Wildman–Crippen LogP) is 4.42. The number of halogens is 1. The molecule has 0 aliphatic rings. The van der Waals surface area contributed by atoms with Crippen molar-refractivity contribution in [3.05, 3.63) is 41.0 Å². The number of rotatable bonds is 6. The standard InChI is InChI=1S/C16H21ClN4/c1-4-9-18-16-19-11-14(17)15(20-16)21(5-2)13-8-6-7-12(3)10-13/h6-8,10-11H,4-5,9H2,1-3H3,(H,18,19,20). The summed E-state index contributed by atoms with van der Waals surface area (Å²) in [5.41, 5.74) is 2.29. The van der Waals surface area contributed by atoms with Gasteiger partial charge >= 0.3 is 0 Å². The Morgan fingerprint density at radius 1 is 1.29 bits per heavy atom. The van der Waals surface area contributed by atoms with E-state index in [9.17, 15) is 0 Å². The van der Waals surface area contributed by atoms with Crippen molar-refractivity contribution in [1.29, 1.82) is 0 Å². The Labute approximate surface area is 131 Å². The Balaban J connectivity index is 2.37. The Bertz CT molecular complexity index is 601. The highest BCUT2D eigenvalue weighted by molar-refractivity contribution is 6.33. The third-order valence-electron chi connectivity index (χ3n) is 3.14. The van der Waals surface area contributed by atoms with Crippen molar-refractivity contribution < 1.29 is 0 Å². The molecule has 112 valence electrons. The number of aromatic nitrogens is 2. The lowest BCUT2D eigenvalue weighted by atomic mass is 10.2. The molecule has 0 spiro atoms. The van der Waals surface area contributed by atoms with Gasteiger partial charge in [0.1, 0.15) is 5.02 Å². The van der Waals surface area contributed by atoms with Crippen LogP contribution in [0.5, 0.6) is 0 Å². The molecule has 2 aromatic rings. The summed E-state index contributed by atoms with van der Waals surface area (Å²) >= 11 is 6.30. The van der Waals surface area contributed by atoms with E-state index in [1.165, 1.54) is 5.56 Å². The third-order valence-corrected chi connectivity index (χ3v) is 3.41. The van der Waals surface area contributed by atoms with Crippen molar-refractivity contribution in [2.45, 2.75) is 27.2 Å². The number of nitrogens with zero attached hydrogens (tertiary/aromatic N) is 3. The zero-order valence-electron chi connectivity index (χ0n) is 12.7. The Morgan fingerprint density at radius 2 is 2.10 bits per heavy atom. The second-order valence-electron chi connectivity index (χ2n) is 4.88. The average molecular weight is 305 g/mol. The monoisotopic (exact) mass is 304 g/mol. The fourth-order valence-electron chi connectivity index (χ4n) is 2.12. The molecule has 0 radical (unpaired) electrons. The maximum Gasteiger partial charge on any atom is 0.224 e. The fourth-order valence-corrected chi connectivity index (χ4v) is 2.31. The largest absolute Gasteiger partial charge is 0.354 e. The molecule has 0 unspecified atom stereocenters. The molecule has 0 fully saturated rings. The van der Waals surface area contributed by atoms with Crippen LogP contribution in [-0.4, -0.2) is 23.1 Å². The van der Waals surface area contributed by atoms with E-state index in [0.29, 0.717) is 11.0 Å². The molecule has 0 saturated carbocycles. The van der Waals surface area contributed by atoms with E-state index >= 15 is 0 Å². The number of aryl methyl sites for hydroxylation is 1. The molecular weight excluding hydrogens is 284 g/mol. The number of nitrogens with one attached hydrogen (secondary N) is 1. The van der Waals surface area contributed by atoms with Gasteiger partial charge in [0.05, 0.1) is 6.20 Å². The lowest BCUT2D eigenvalue weighted by molar-refractivity contribution is 0.935. The van der Waals surface area contributed by atoms with Crippen LogP contribution in [0.4, 0.5) is 17.5 Å². The molecule has 1 heterocycles. The number of anilines is 3. The number of hydrogen-bond donors (Lipinski definition) is 1. The fraction of sp³-hybridized carbons (Fsp3) is 0.375. The van der Waals surface area contributed by atoms with E-state index in [4.69, 9.17) is 11.6 Å². The molecule has 0 amide bonds.